The molecular weight excluding hydrogens is 238 g/mol. The summed E-state index contributed by atoms with van der Waals surface area (Å²) in [5.74, 6) is 0. The molecule has 0 heterocycles. The Kier molecular flexibility index (Phi) is 10.5. The quantitative estimate of drug-likeness (QED) is 0.541. The van der Waals surface area contributed by atoms with Crippen molar-refractivity contribution in [2.24, 2.45) is 0 Å². The molecule has 0 saturated carbocycles. The summed E-state index contributed by atoms with van der Waals surface area (Å²) < 4.78 is 3.21. The Hall–Kier alpha value is 0.750. The first kappa shape index (κ1) is 10.7. The minimum atomic E-state index is 1.21. The molecule has 0 aliphatic rings. The van der Waals surface area contributed by atoms with E-state index in [4.69, 9.17) is 0 Å². The molecule has 0 rings (SSSR count). The predicted octanol–water partition coefficient (Wildman–Crippen LogP) is 1.75. The Bertz CT molecular complexity index is 49.2. The van der Waals surface area contributed by atoms with Gasteiger partial charge in [-0.3, -0.25) is 0 Å². The van der Waals surface area contributed by atoms with Gasteiger partial charge in [0.25, 0.3) is 0 Å². The van der Waals surface area contributed by atoms with E-state index in [1.165, 1.54) is 45.1 Å². The topological polar surface area (TPSA) is 12.0 Å². The minimum absolute atomic E-state index is 1.21. The van der Waals surface area contributed by atoms with E-state index in [1.54, 1.807) is 22.6 Å². The van der Waals surface area contributed by atoms with Crippen molar-refractivity contribution in [3.63, 3.8) is 0 Å². The van der Waals surface area contributed by atoms with Crippen molar-refractivity contribution in [1.29, 1.82) is 0 Å². The van der Waals surface area contributed by atoms with E-state index in [0.29, 0.717) is 0 Å². The average Bonchev–Trinajstić information content (AvgIpc) is 1.97. The van der Waals surface area contributed by atoms with Crippen molar-refractivity contribution in [2.75, 3.05) is 6.54 Å². The molecule has 0 radical (unpaired) electrons. The van der Waals surface area contributed by atoms with Gasteiger partial charge in [-0.2, -0.15) is 0 Å². The van der Waals surface area contributed by atoms with Crippen molar-refractivity contribution < 1.29 is 0 Å². The summed E-state index contributed by atoms with van der Waals surface area (Å²) in [5, 5.41) is 0. The van der Waals surface area contributed by atoms with E-state index in [2.05, 4.69) is 10.5 Å². The van der Waals surface area contributed by atoms with Crippen LogP contribution in [0.25, 0.3) is 0 Å². The van der Waals surface area contributed by atoms with E-state index < -0.39 is 0 Å². The maximum atomic E-state index is 3.21. The monoisotopic (exact) mass is 259 g/mol. The van der Waals surface area contributed by atoms with Crippen LogP contribution in [-0.2, 0) is 0 Å². The average molecular weight is 257 g/mol. The number of hydrogen-bond donors (Lipinski definition) is 1. The van der Waals surface area contributed by atoms with E-state index in [0.717, 1.165) is 0 Å². The van der Waals surface area contributed by atoms with Crippen LogP contribution in [0.4, 0.5) is 0 Å². The molecule has 0 aromatic rings. The van der Waals surface area contributed by atoms with Crippen LogP contribution in [0.5, 0.6) is 0 Å². The van der Waals surface area contributed by atoms with Gasteiger partial charge in [-0.25, -0.2) is 0 Å². The van der Waals surface area contributed by atoms with Crippen LogP contribution in [0.1, 0.15) is 45.4 Å². The molecule has 0 fully saturated rings. The van der Waals surface area contributed by atoms with Crippen LogP contribution in [-0.4, -0.2) is 29.1 Å². The molecule has 0 aromatic heterocycles. The van der Waals surface area contributed by atoms with Crippen molar-refractivity contribution in [1.82, 2.24) is 3.57 Å². The van der Waals surface area contributed by atoms with Gasteiger partial charge >= 0.3 is 78.1 Å². The molecule has 1 nitrogen and oxygen atoms in total. The fourth-order valence-corrected chi connectivity index (χ4v) is 1.44. The first-order valence-electron chi connectivity index (χ1n) is 4.28. The van der Waals surface area contributed by atoms with E-state index in [1.807, 2.05) is 0 Å². The second kappa shape index (κ2) is 9.75. The SMILES string of the molecule is CCCCCCCCN[TeH]. The zero-order valence-electron chi connectivity index (χ0n) is 6.90. The van der Waals surface area contributed by atoms with Crippen molar-refractivity contribution >= 4 is 22.6 Å². The number of nitrogens with one attached hydrogen (secondary N) is 1. The van der Waals surface area contributed by atoms with Gasteiger partial charge in [-0.15, -0.1) is 0 Å². The second-order valence-electron chi connectivity index (χ2n) is 2.68. The Morgan fingerprint density at radius 1 is 1.00 bits per heavy atom. The summed E-state index contributed by atoms with van der Waals surface area (Å²) in [6, 6.07) is 0. The van der Waals surface area contributed by atoms with Gasteiger partial charge in [0.2, 0.25) is 0 Å². The van der Waals surface area contributed by atoms with Gasteiger partial charge in [0.1, 0.15) is 0 Å². The Morgan fingerprint density at radius 3 is 2.20 bits per heavy atom. The summed E-state index contributed by atoms with van der Waals surface area (Å²) in [4.78, 5) is 0. The molecule has 2 heteroatoms. The molecule has 0 amide bonds. The van der Waals surface area contributed by atoms with Crippen LogP contribution in [0, 0.1) is 0 Å². The Labute approximate surface area is 78.2 Å². The first-order chi connectivity index (χ1) is 4.91. The fourth-order valence-electron chi connectivity index (χ4n) is 0.984. The molecule has 62 valence electrons. The van der Waals surface area contributed by atoms with Crippen molar-refractivity contribution in [3.05, 3.63) is 0 Å². The van der Waals surface area contributed by atoms with E-state index >= 15 is 0 Å². The molecule has 0 aromatic carbocycles. The van der Waals surface area contributed by atoms with Crippen LogP contribution < -0.4 is 3.57 Å². The van der Waals surface area contributed by atoms with Gasteiger partial charge in [-0.05, 0) is 0 Å². The molecule has 1 N–H and O–H groups in total. The third-order valence-corrected chi connectivity index (χ3v) is 2.28. The maximum absolute atomic E-state index is 3.21. The van der Waals surface area contributed by atoms with Crippen LogP contribution in [0.15, 0.2) is 0 Å². The number of hydrogen-bond acceptors (Lipinski definition) is 1. The summed E-state index contributed by atoms with van der Waals surface area (Å²) in [6.07, 6.45) is 8.41. The normalized spacial score (nSPS) is 10.2. The molecule has 0 bridgehead atoms. The standard InChI is InChI=1S/C8H19NTe/c1-2-3-4-5-6-7-8-9-10/h9-10H,2-8H2,1H3. The Balaban J connectivity index is 2.65. The van der Waals surface area contributed by atoms with Gasteiger partial charge in [0.05, 0.1) is 0 Å². The molecule has 0 unspecified atom stereocenters. The molecule has 0 spiro atoms. The summed E-state index contributed by atoms with van der Waals surface area (Å²) in [5.41, 5.74) is 0. The zero-order valence-corrected chi connectivity index (χ0v) is 9.45. The molecular formula is C8H19NTe. The fraction of sp³-hybridized carbons (Fsp3) is 1.00. The van der Waals surface area contributed by atoms with Crippen LogP contribution in [0.2, 0.25) is 0 Å². The number of unbranched alkanes of at least 4 members (excludes halogenated alkanes) is 5. The zero-order chi connectivity index (χ0) is 7.66. The summed E-state index contributed by atoms with van der Waals surface area (Å²) in [7, 11) is 0. The molecule has 0 aliphatic carbocycles. The molecule has 0 saturated heterocycles. The number of rotatable bonds is 7. The van der Waals surface area contributed by atoms with Gasteiger partial charge in [-0.1, -0.05) is 0 Å². The third-order valence-electron chi connectivity index (χ3n) is 1.64. The van der Waals surface area contributed by atoms with Gasteiger partial charge in [0.15, 0.2) is 0 Å². The summed E-state index contributed by atoms with van der Waals surface area (Å²) >= 11 is 1.71. The van der Waals surface area contributed by atoms with E-state index in [-0.39, 0.29) is 0 Å². The summed E-state index contributed by atoms with van der Waals surface area (Å²) in [6.45, 7) is 3.47. The van der Waals surface area contributed by atoms with Gasteiger partial charge < -0.3 is 0 Å². The predicted molar refractivity (Wildman–Crippen MR) is 48.5 cm³/mol. The third kappa shape index (κ3) is 8.75. The molecule has 0 atom stereocenters. The molecule has 10 heavy (non-hydrogen) atoms. The molecule has 0 aliphatic heterocycles. The van der Waals surface area contributed by atoms with Crippen molar-refractivity contribution in [2.45, 2.75) is 45.4 Å². The van der Waals surface area contributed by atoms with E-state index in [9.17, 15) is 0 Å². The van der Waals surface area contributed by atoms with Crippen LogP contribution in [0.3, 0.4) is 0 Å². The Morgan fingerprint density at radius 2 is 1.60 bits per heavy atom. The van der Waals surface area contributed by atoms with Crippen LogP contribution >= 0.6 is 0 Å². The first-order valence-corrected chi connectivity index (χ1v) is 5.56. The van der Waals surface area contributed by atoms with Crippen molar-refractivity contribution in [3.8, 4) is 0 Å². The van der Waals surface area contributed by atoms with Gasteiger partial charge in [0, 0.05) is 0 Å². The second-order valence-corrected chi connectivity index (χ2v) is 3.58.